The molecule has 1 aliphatic rings. The van der Waals surface area contributed by atoms with Gasteiger partial charge in [-0.15, -0.1) is 0 Å². The lowest BCUT2D eigenvalue weighted by molar-refractivity contribution is -0.0327. The van der Waals surface area contributed by atoms with Crippen molar-refractivity contribution in [2.45, 2.75) is 30.3 Å². The van der Waals surface area contributed by atoms with Crippen LogP contribution in [0.4, 0.5) is 13.2 Å². The van der Waals surface area contributed by atoms with Crippen molar-refractivity contribution in [2.24, 2.45) is 0 Å². The first-order valence-electron chi connectivity index (χ1n) is 6.56. The van der Waals surface area contributed by atoms with Crippen LogP contribution in [-0.4, -0.2) is 31.0 Å². The van der Waals surface area contributed by atoms with Gasteiger partial charge in [0, 0.05) is 18.3 Å². The SMILES string of the molecule is COc1ccc(C2CC(NCCSC(F)(F)F)C2)cc1. The van der Waals surface area contributed by atoms with Crippen LogP contribution in [0.25, 0.3) is 0 Å². The van der Waals surface area contributed by atoms with Gasteiger partial charge in [0.2, 0.25) is 0 Å². The Hall–Kier alpha value is -0.880. The molecule has 0 radical (unpaired) electrons. The van der Waals surface area contributed by atoms with Gasteiger partial charge in [0.25, 0.3) is 0 Å². The molecule has 2 rings (SSSR count). The predicted molar refractivity (Wildman–Crippen MR) is 75.3 cm³/mol. The number of benzene rings is 1. The van der Waals surface area contributed by atoms with Gasteiger partial charge in [-0.25, -0.2) is 0 Å². The number of rotatable bonds is 6. The van der Waals surface area contributed by atoms with Gasteiger partial charge in [-0.3, -0.25) is 0 Å². The van der Waals surface area contributed by atoms with Gasteiger partial charge in [0.15, 0.2) is 0 Å². The highest BCUT2D eigenvalue weighted by atomic mass is 32.2. The number of ether oxygens (including phenoxy) is 1. The first-order valence-corrected chi connectivity index (χ1v) is 7.54. The van der Waals surface area contributed by atoms with Gasteiger partial charge >= 0.3 is 5.51 Å². The van der Waals surface area contributed by atoms with E-state index in [1.165, 1.54) is 5.56 Å². The number of alkyl halides is 3. The van der Waals surface area contributed by atoms with Gasteiger partial charge in [-0.05, 0) is 48.2 Å². The molecule has 0 atom stereocenters. The van der Waals surface area contributed by atoms with Crippen molar-refractivity contribution in [3.8, 4) is 5.75 Å². The molecule has 1 N–H and O–H groups in total. The van der Waals surface area contributed by atoms with Gasteiger partial charge in [-0.1, -0.05) is 12.1 Å². The van der Waals surface area contributed by atoms with Gasteiger partial charge < -0.3 is 10.1 Å². The van der Waals surface area contributed by atoms with Crippen LogP contribution in [0.2, 0.25) is 0 Å². The first kappa shape index (κ1) is 15.5. The summed E-state index contributed by atoms with van der Waals surface area (Å²) in [6, 6.07) is 8.33. The summed E-state index contributed by atoms with van der Waals surface area (Å²) >= 11 is 0.0350. The van der Waals surface area contributed by atoms with E-state index >= 15 is 0 Å². The summed E-state index contributed by atoms with van der Waals surface area (Å²) in [5, 5.41) is 3.17. The lowest BCUT2D eigenvalue weighted by Crippen LogP contribution is -2.41. The molecule has 1 aliphatic carbocycles. The van der Waals surface area contributed by atoms with E-state index in [1.807, 2.05) is 12.1 Å². The molecule has 0 heterocycles. The molecule has 6 heteroatoms. The zero-order valence-electron chi connectivity index (χ0n) is 11.2. The Morgan fingerprint density at radius 3 is 2.45 bits per heavy atom. The first-order chi connectivity index (χ1) is 9.48. The molecule has 0 spiro atoms. The minimum atomic E-state index is -4.12. The van der Waals surface area contributed by atoms with Crippen molar-refractivity contribution >= 4 is 11.8 Å². The smallest absolute Gasteiger partial charge is 0.441 e. The predicted octanol–water partition coefficient (Wildman–Crippen LogP) is 3.78. The average Bonchev–Trinajstić information content (AvgIpc) is 2.35. The molecule has 1 aromatic rings. The summed E-state index contributed by atoms with van der Waals surface area (Å²) < 4.78 is 40.9. The molecule has 112 valence electrons. The highest BCUT2D eigenvalue weighted by Crippen LogP contribution is 2.37. The monoisotopic (exact) mass is 305 g/mol. The molecule has 0 bridgehead atoms. The van der Waals surface area contributed by atoms with E-state index < -0.39 is 5.51 Å². The third-order valence-electron chi connectivity index (χ3n) is 3.53. The molecule has 1 aromatic carbocycles. The number of thioether (sulfide) groups is 1. The molecule has 0 aromatic heterocycles. The largest absolute Gasteiger partial charge is 0.497 e. The van der Waals surface area contributed by atoms with Crippen LogP contribution in [0.3, 0.4) is 0 Å². The zero-order valence-corrected chi connectivity index (χ0v) is 12.1. The quantitative estimate of drug-likeness (QED) is 0.808. The number of nitrogens with one attached hydrogen (secondary N) is 1. The van der Waals surface area contributed by atoms with Crippen molar-refractivity contribution in [2.75, 3.05) is 19.4 Å². The number of hydrogen-bond donors (Lipinski definition) is 1. The molecule has 1 saturated carbocycles. The van der Waals surface area contributed by atoms with Crippen molar-refractivity contribution in [3.63, 3.8) is 0 Å². The lowest BCUT2D eigenvalue weighted by Gasteiger charge is -2.36. The molecule has 0 amide bonds. The van der Waals surface area contributed by atoms with Crippen LogP contribution in [0.1, 0.15) is 24.3 Å². The highest BCUT2D eigenvalue weighted by molar-refractivity contribution is 8.00. The molecule has 0 aliphatic heterocycles. The van der Waals surface area contributed by atoms with E-state index in [2.05, 4.69) is 17.4 Å². The van der Waals surface area contributed by atoms with E-state index in [0.717, 1.165) is 18.6 Å². The minimum Gasteiger partial charge on any atom is -0.497 e. The second-order valence-corrected chi connectivity index (χ2v) is 6.05. The molecule has 20 heavy (non-hydrogen) atoms. The third-order valence-corrected chi connectivity index (χ3v) is 4.26. The topological polar surface area (TPSA) is 21.3 Å². The number of hydrogen-bond acceptors (Lipinski definition) is 3. The van der Waals surface area contributed by atoms with E-state index in [4.69, 9.17) is 4.74 Å². The fourth-order valence-electron chi connectivity index (χ4n) is 2.36. The molecule has 1 fully saturated rings. The van der Waals surface area contributed by atoms with E-state index in [0.29, 0.717) is 18.5 Å². The normalized spacial score (nSPS) is 22.4. The van der Waals surface area contributed by atoms with Crippen LogP contribution in [0.15, 0.2) is 24.3 Å². The molecule has 0 unspecified atom stereocenters. The Morgan fingerprint density at radius 1 is 1.25 bits per heavy atom. The summed E-state index contributed by atoms with van der Waals surface area (Å²) in [6.45, 7) is 0.407. The number of methoxy groups -OCH3 is 1. The fourth-order valence-corrected chi connectivity index (χ4v) is 2.81. The standard InChI is InChI=1S/C14H18F3NOS/c1-19-13-4-2-10(3-5-13)11-8-12(9-11)18-6-7-20-14(15,16)17/h2-5,11-12,18H,6-9H2,1H3. The Kier molecular flexibility index (Phi) is 5.21. The summed E-state index contributed by atoms with van der Waals surface area (Å²) in [7, 11) is 1.64. The van der Waals surface area contributed by atoms with Crippen LogP contribution < -0.4 is 10.1 Å². The third kappa shape index (κ3) is 4.59. The molecular weight excluding hydrogens is 287 g/mol. The number of halogens is 3. The van der Waals surface area contributed by atoms with E-state index in [9.17, 15) is 13.2 Å². The van der Waals surface area contributed by atoms with Crippen molar-refractivity contribution < 1.29 is 17.9 Å². The van der Waals surface area contributed by atoms with E-state index in [-0.39, 0.29) is 17.5 Å². The minimum absolute atomic E-state index is 0.0350. The summed E-state index contributed by atoms with van der Waals surface area (Å²) in [4.78, 5) is 0. The van der Waals surface area contributed by atoms with Gasteiger partial charge in [0.05, 0.1) is 7.11 Å². The van der Waals surface area contributed by atoms with Crippen molar-refractivity contribution in [1.82, 2.24) is 5.32 Å². The van der Waals surface area contributed by atoms with Crippen molar-refractivity contribution in [1.29, 1.82) is 0 Å². The Labute approximate surface area is 121 Å². The maximum absolute atomic E-state index is 11.9. The summed E-state index contributed by atoms with van der Waals surface area (Å²) in [6.07, 6.45) is 1.98. The zero-order chi connectivity index (χ0) is 14.6. The van der Waals surface area contributed by atoms with Gasteiger partial charge in [0.1, 0.15) is 5.75 Å². The van der Waals surface area contributed by atoms with Crippen LogP contribution in [-0.2, 0) is 0 Å². The van der Waals surface area contributed by atoms with E-state index in [1.54, 1.807) is 7.11 Å². The van der Waals surface area contributed by atoms with Crippen LogP contribution in [0, 0.1) is 0 Å². The Morgan fingerprint density at radius 2 is 1.90 bits per heavy atom. The fraction of sp³-hybridized carbons (Fsp3) is 0.571. The van der Waals surface area contributed by atoms with Gasteiger partial charge in [-0.2, -0.15) is 13.2 Å². The van der Waals surface area contributed by atoms with Crippen LogP contribution >= 0.6 is 11.8 Å². The van der Waals surface area contributed by atoms with Crippen LogP contribution in [0.5, 0.6) is 5.75 Å². The Bertz CT molecular complexity index is 415. The maximum atomic E-state index is 11.9. The molecular formula is C14H18F3NOS. The second-order valence-electron chi connectivity index (χ2n) is 4.89. The lowest BCUT2D eigenvalue weighted by atomic mass is 9.76. The molecule has 0 saturated heterocycles. The second kappa shape index (κ2) is 6.72. The average molecular weight is 305 g/mol. The Balaban J connectivity index is 1.64. The summed E-state index contributed by atoms with van der Waals surface area (Å²) in [5.41, 5.74) is -2.85. The summed E-state index contributed by atoms with van der Waals surface area (Å²) in [5.74, 6) is 1.42. The van der Waals surface area contributed by atoms with Crippen molar-refractivity contribution in [3.05, 3.63) is 29.8 Å². The molecule has 2 nitrogen and oxygen atoms in total. The maximum Gasteiger partial charge on any atom is 0.441 e. The highest BCUT2D eigenvalue weighted by Gasteiger charge is 2.31.